The predicted molar refractivity (Wildman–Crippen MR) is 71.6 cm³/mol. The quantitative estimate of drug-likeness (QED) is 0.400. The van der Waals surface area contributed by atoms with Gasteiger partial charge < -0.3 is 14.4 Å². The lowest BCUT2D eigenvalue weighted by Gasteiger charge is -2.25. The van der Waals surface area contributed by atoms with E-state index in [-0.39, 0.29) is 19.8 Å². The van der Waals surface area contributed by atoms with E-state index in [4.69, 9.17) is 9.05 Å². The Kier molecular flexibility index (Phi) is 8.54. The lowest BCUT2D eigenvalue weighted by Crippen LogP contribution is -2.41. The van der Waals surface area contributed by atoms with Crippen LogP contribution in [0.25, 0.3) is 0 Å². The van der Waals surface area contributed by atoms with Crippen molar-refractivity contribution in [2.75, 3.05) is 19.8 Å². The van der Waals surface area contributed by atoms with Crippen LogP contribution in [0.2, 0.25) is 0 Å². The molecule has 1 atom stereocenters. The van der Waals surface area contributed by atoms with Crippen LogP contribution >= 0.6 is 7.60 Å². The molecule has 0 aliphatic rings. The number of hydrogen-bond donors (Lipinski definition) is 1. The lowest BCUT2D eigenvalue weighted by molar-refractivity contribution is 0.187. The number of urea groups is 1. The zero-order chi connectivity index (χ0) is 14.9. The second-order valence-electron chi connectivity index (χ2n) is 3.71. The van der Waals surface area contributed by atoms with Gasteiger partial charge in [0, 0.05) is 6.54 Å². The van der Waals surface area contributed by atoms with E-state index in [1.54, 1.807) is 20.8 Å². The van der Waals surface area contributed by atoms with Crippen molar-refractivity contribution in [3.63, 3.8) is 0 Å². The smallest absolute Gasteiger partial charge is 0.322 e. The van der Waals surface area contributed by atoms with Gasteiger partial charge in [0.15, 0.2) is 0 Å². The van der Waals surface area contributed by atoms with Gasteiger partial charge in [0.2, 0.25) is 0 Å². The van der Waals surface area contributed by atoms with Gasteiger partial charge in [-0.3, -0.25) is 4.57 Å². The molecule has 19 heavy (non-hydrogen) atoms. The van der Waals surface area contributed by atoms with Crippen molar-refractivity contribution in [3.05, 3.63) is 4.91 Å². The molecule has 1 unspecified atom stereocenters. The van der Waals surface area contributed by atoms with Gasteiger partial charge in [-0.15, -0.1) is 4.91 Å². The standard InChI is InChI=1S/C10H22N3O5P/c1-5-8-13(12-15)10(14)11-9(4)19(16,17-6-2)18-7-3/h9H,5-8H2,1-4H3,(H,11,14). The van der Waals surface area contributed by atoms with Crippen LogP contribution in [0.5, 0.6) is 0 Å². The number of hydrogen-bond acceptors (Lipinski definition) is 6. The normalized spacial score (nSPS) is 12.8. The Bertz CT molecular complexity index is 329. The van der Waals surface area contributed by atoms with Crippen molar-refractivity contribution in [2.45, 2.75) is 39.9 Å². The Morgan fingerprint density at radius 2 is 1.84 bits per heavy atom. The Balaban J connectivity index is 4.71. The van der Waals surface area contributed by atoms with E-state index in [2.05, 4.69) is 10.6 Å². The van der Waals surface area contributed by atoms with Gasteiger partial charge in [-0.2, -0.15) is 5.01 Å². The highest BCUT2D eigenvalue weighted by Crippen LogP contribution is 2.51. The minimum Gasteiger partial charge on any atom is -0.322 e. The van der Waals surface area contributed by atoms with Crippen LogP contribution in [-0.4, -0.2) is 36.6 Å². The van der Waals surface area contributed by atoms with Crippen LogP contribution in [0.15, 0.2) is 5.29 Å². The largest absolute Gasteiger partial charge is 0.352 e. The fourth-order valence-corrected chi connectivity index (χ4v) is 2.85. The molecule has 0 aromatic carbocycles. The summed E-state index contributed by atoms with van der Waals surface area (Å²) in [5, 5.41) is 5.75. The molecule has 0 spiro atoms. The van der Waals surface area contributed by atoms with Crippen molar-refractivity contribution < 1.29 is 18.4 Å². The van der Waals surface area contributed by atoms with Gasteiger partial charge in [0.05, 0.1) is 18.5 Å². The van der Waals surface area contributed by atoms with Crippen LogP contribution in [0.1, 0.15) is 34.1 Å². The van der Waals surface area contributed by atoms with Gasteiger partial charge in [0.25, 0.3) is 0 Å². The van der Waals surface area contributed by atoms with E-state index in [1.165, 1.54) is 6.92 Å². The molecule has 2 amide bonds. The first-order valence-electron chi connectivity index (χ1n) is 6.25. The number of nitroso groups, excluding NO2 is 1. The number of nitrogens with one attached hydrogen (secondary N) is 1. The molecule has 0 fully saturated rings. The summed E-state index contributed by atoms with van der Waals surface area (Å²) in [5.74, 6) is -0.860. The van der Waals surface area contributed by atoms with Crippen LogP contribution in [0, 0.1) is 4.91 Å². The van der Waals surface area contributed by atoms with Crippen molar-refractivity contribution in [3.8, 4) is 0 Å². The molecule has 0 aliphatic carbocycles. The molecule has 0 radical (unpaired) electrons. The summed E-state index contributed by atoms with van der Waals surface area (Å²) < 4.78 is 22.5. The van der Waals surface area contributed by atoms with Crippen LogP contribution in [0.3, 0.4) is 0 Å². The SMILES string of the molecule is CCCN(N=O)C(=O)NC(C)P(=O)(OCC)OCC. The number of rotatable bonds is 9. The van der Waals surface area contributed by atoms with Gasteiger partial charge in [-0.25, -0.2) is 4.79 Å². The third-order valence-corrected chi connectivity index (χ3v) is 4.51. The Hall–Kier alpha value is -0.980. The molecule has 0 saturated carbocycles. The Labute approximate surface area is 113 Å². The van der Waals surface area contributed by atoms with E-state index >= 15 is 0 Å². The third kappa shape index (κ3) is 5.67. The summed E-state index contributed by atoms with van der Waals surface area (Å²) in [5.41, 5.74) is 0. The Morgan fingerprint density at radius 1 is 1.32 bits per heavy atom. The van der Waals surface area contributed by atoms with Gasteiger partial charge in [0.1, 0.15) is 5.78 Å². The highest BCUT2D eigenvalue weighted by molar-refractivity contribution is 7.54. The van der Waals surface area contributed by atoms with Crippen molar-refractivity contribution in [2.24, 2.45) is 5.29 Å². The van der Waals surface area contributed by atoms with Crippen LogP contribution in [0.4, 0.5) is 4.79 Å². The second kappa shape index (κ2) is 9.01. The molecule has 1 N–H and O–H groups in total. The van der Waals surface area contributed by atoms with Gasteiger partial charge in [-0.05, 0) is 27.2 Å². The molecule has 0 aliphatic heterocycles. The Morgan fingerprint density at radius 3 is 2.21 bits per heavy atom. The summed E-state index contributed by atoms with van der Waals surface area (Å²) in [6.07, 6.45) is 0.585. The fraction of sp³-hybridized carbons (Fsp3) is 0.900. The maximum atomic E-state index is 12.3. The average Bonchev–Trinajstić information content (AvgIpc) is 2.36. The van der Waals surface area contributed by atoms with Crippen molar-refractivity contribution in [1.29, 1.82) is 0 Å². The molecule has 0 heterocycles. The molecule has 0 bridgehead atoms. The first-order chi connectivity index (χ1) is 8.95. The molecule has 0 saturated heterocycles. The molecule has 112 valence electrons. The monoisotopic (exact) mass is 295 g/mol. The van der Waals surface area contributed by atoms with Crippen molar-refractivity contribution >= 4 is 13.6 Å². The van der Waals surface area contributed by atoms with E-state index in [0.717, 1.165) is 5.01 Å². The summed E-state index contributed by atoms with van der Waals surface area (Å²) >= 11 is 0. The van der Waals surface area contributed by atoms with Crippen LogP contribution in [-0.2, 0) is 13.6 Å². The molecule has 0 aromatic rings. The summed E-state index contributed by atoms with van der Waals surface area (Å²) in [6.45, 7) is 7.24. The third-order valence-electron chi connectivity index (χ3n) is 2.19. The highest BCUT2D eigenvalue weighted by Gasteiger charge is 2.34. The number of nitrogens with zero attached hydrogens (tertiary/aromatic N) is 2. The maximum absolute atomic E-state index is 12.3. The zero-order valence-corrected chi connectivity index (χ0v) is 12.7. The minimum absolute atomic E-state index is 0.190. The minimum atomic E-state index is -3.44. The predicted octanol–water partition coefficient (Wildman–Crippen LogP) is 2.70. The fourth-order valence-electron chi connectivity index (χ4n) is 1.34. The first kappa shape index (κ1) is 18.0. The van der Waals surface area contributed by atoms with E-state index in [9.17, 15) is 14.3 Å². The second-order valence-corrected chi connectivity index (χ2v) is 6.08. The number of carbonyl (C=O) groups is 1. The zero-order valence-electron chi connectivity index (χ0n) is 11.8. The molecule has 9 heteroatoms. The molecular formula is C10H22N3O5P. The molecule has 0 aromatic heterocycles. The van der Waals surface area contributed by atoms with E-state index in [0.29, 0.717) is 6.42 Å². The average molecular weight is 295 g/mol. The number of carbonyl (C=O) groups excluding carboxylic acids is 1. The van der Waals surface area contributed by atoms with Gasteiger partial charge >= 0.3 is 13.6 Å². The van der Waals surface area contributed by atoms with E-state index < -0.39 is 19.4 Å². The summed E-state index contributed by atoms with van der Waals surface area (Å²) in [6, 6.07) is -0.719. The maximum Gasteiger partial charge on any atom is 0.352 e. The summed E-state index contributed by atoms with van der Waals surface area (Å²) in [7, 11) is -3.44. The summed E-state index contributed by atoms with van der Waals surface area (Å²) in [4.78, 5) is 22.2. The lowest BCUT2D eigenvalue weighted by atomic mass is 10.5. The van der Waals surface area contributed by atoms with Crippen molar-refractivity contribution in [1.82, 2.24) is 10.3 Å². The first-order valence-corrected chi connectivity index (χ1v) is 7.86. The molecule has 8 nitrogen and oxygen atoms in total. The highest BCUT2D eigenvalue weighted by atomic mass is 31.2. The molecular weight excluding hydrogens is 273 g/mol. The molecule has 0 rings (SSSR count). The number of amides is 2. The van der Waals surface area contributed by atoms with E-state index in [1.807, 2.05) is 0 Å². The topological polar surface area (TPSA) is 97.3 Å². The van der Waals surface area contributed by atoms with Gasteiger partial charge in [-0.1, -0.05) is 6.92 Å². The van der Waals surface area contributed by atoms with Crippen LogP contribution < -0.4 is 5.32 Å².